The minimum atomic E-state index is -0.998. The first-order chi connectivity index (χ1) is 10.1. The molecule has 0 heterocycles. The maximum Gasteiger partial charge on any atom is 0.335 e. The summed E-state index contributed by atoms with van der Waals surface area (Å²) in [7, 11) is 1.62. The highest BCUT2D eigenvalue weighted by molar-refractivity contribution is 6.31. The number of hydrogen-bond acceptors (Lipinski definition) is 3. The first kappa shape index (κ1) is 15.4. The van der Waals surface area contributed by atoms with E-state index in [1.54, 1.807) is 13.2 Å². The Hall–Kier alpha value is -2.04. The summed E-state index contributed by atoms with van der Waals surface area (Å²) in [5.41, 5.74) is 1.95. The lowest BCUT2D eigenvalue weighted by Gasteiger charge is -2.08. The molecule has 4 nitrogen and oxygen atoms in total. The molecule has 0 saturated heterocycles. The van der Waals surface area contributed by atoms with Crippen LogP contribution in [0.5, 0.6) is 5.75 Å². The van der Waals surface area contributed by atoms with Crippen LogP contribution in [-0.4, -0.2) is 18.2 Å². The Balaban J connectivity index is 1.92. The number of methoxy groups -OCH3 is 1. The van der Waals surface area contributed by atoms with Gasteiger partial charge in [0.05, 0.1) is 25.9 Å². The number of hydrogen-bond donors (Lipinski definition) is 1. The topological polar surface area (TPSA) is 55.8 Å². The largest absolute Gasteiger partial charge is 0.497 e. The van der Waals surface area contributed by atoms with Crippen molar-refractivity contribution in [3.63, 3.8) is 0 Å². The van der Waals surface area contributed by atoms with E-state index in [0.717, 1.165) is 16.9 Å². The minimum absolute atomic E-state index is 0.166. The molecule has 2 aromatic carbocycles. The molecule has 21 heavy (non-hydrogen) atoms. The van der Waals surface area contributed by atoms with Gasteiger partial charge < -0.3 is 14.6 Å². The predicted octanol–water partition coefficient (Wildman–Crippen LogP) is 3.76. The molecule has 0 aliphatic rings. The third-order valence-electron chi connectivity index (χ3n) is 2.99. The zero-order valence-corrected chi connectivity index (χ0v) is 12.3. The van der Waals surface area contributed by atoms with Gasteiger partial charge in [-0.15, -0.1) is 0 Å². The molecule has 0 aromatic heterocycles. The predicted molar refractivity (Wildman–Crippen MR) is 79.9 cm³/mol. The molecule has 110 valence electrons. The zero-order valence-electron chi connectivity index (χ0n) is 11.5. The van der Waals surface area contributed by atoms with E-state index in [4.69, 9.17) is 26.2 Å². The molecule has 0 fully saturated rings. The first-order valence-corrected chi connectivity index (χ1v) is 6.70. The average molecular weight is 307 g/mol. The standard InChI is InChI=1S/C16H15ClO4/c1-20-14-6-2-11(3-7-14)9-21-10-13-5-4-12(16(18)19)8-15(13)17/h2-8H,9-10H2,1H3,(H,18,19). The molecule has 0 saturated carbocycles. The van der Waals surface area contributed by atoms with Gasteiger partial charge in [0.15, 0.2) is 0 Å². The van der Waals surface area contributed by atoms with Gasteiger partial charge in [-0.05, 0) is 35.4 Å². The number of rotatable bonds is 6. The van der Waals surface area contributed by atoms with Gasteiger partial charge in [-0.3, -0.25) is 0 Å². The van der Waals surface area contributed by atoms with Crippen LogP contribution in [0.3, 0.4) is 0 Å². The van der Waals surface area contributed by atoms with Crippen molar-refractivity contribution in [2.75, 3.05) is 7.11 Å². The summed E-state index contributed by atoms with van der Waals surface area (Å²) >= 11 is 6.03. The normalized spacial score (nSPS) is 10.4. The van der Waals surface area contributed by atoms with Gasteiger partial charge in [-0.25, -0.2) is 4.79 Å². The number of carboxylic acid groups (broad SMARTS) is 1. The number of benzene rings is 2. The van der Waals surface area contributed by atoms with Gasteiger partial charge in [0.1, 0.15) is 5.75 Å². The molecule has 0 unspecified atom stereocenters. The lowest BCUT2D eigenvalue weighted by molar-refractivity contribution is 0.0696. The van der Waals surface area contributed by atoms with Crippen molar-refractivity contribution in [2.24, 2.45) is 0 Å². The fourth-order valence-electron chi connectivity index (χ4n) is 1.80. The molecule has 1 N–H and O–H groups in total. The second-order valence-electron chi connectivity index (χ2n) is 4.45. The van der Waals surface area contributed by atoms with Crippen molar-refractivity contribution in [1.29, 1.82) is 0 Å². The summed E-state index contributed by atoms with van der Waals surface area (Å²) < 4.78 is 10.7. The molecule has 0 amide bonds. The Morgan fingerprint density at radius 1 is 1.14 bits per heavy atom. The van der Waals surface area contributed by atoms with Gasteiger partial charge in [0.25, 0.3) is 0 Å². The molecule has 0 aliphatic carbocycles. The van der Waals surface area contributed by atoms with Gasteiger partial charge in [0, 0.05) is 5.02 Å². The smallest absolute Gasteiger partial charge is 0.335 e. The summed E-state index contributed by atoms with van der Waals surface area (Å²) in [5, 5.41) is 9.26. The van der Waals surface area contributed by atoms with Crippen molar-refractivity contribution >= 4 is 17.6 Å². The Morgan fingerprint density at radius 3 is 2.43 bits per heavy atom. The van der Waals surface area contributed by atoms with Crippen molar-refractivity contribution < 1.29 is 19.4 Å². The second-order valence-corrected chi connectivity index (χ2v) is 4.86. The minimum Gasteiger partial charge on any atom is -0.497 e. The molecular weight excluding hydrogens is 292 g/mol. The van der Waals surface area contributed by atoms with Crippen LogP contribution in [0.1, 0.15) is 21.5 Å². The monoisotopic (exact) mass is 306 g/mol. The fourth-order valence-corrected chi connectivity index (χ4v) is 2.03. The average Bonchev–Trinajstić information content (AvgIpc) is 2.49. The highest BCUT2D eigenvalue weighted by atomic mass is 35.5. The van der Waals surface area contributed by atoms with E-state index >= 15 is 0 Å². The van der Waals surface area contributed by atoms with E-state index in [1.165, 1.54) is 12.1 Å². The lowest BCUT2D eigenvalue weighted by Crippen LogP contribution is -1.99. The van der Waals surface area contributed by atoms with Gasteiger partial charge in [0.2, 0.25) is 0 Å². The fraction of sp³-hybridized carbons (Fsp3) is 0.188. The van der Waals surface area contributed by atoms with Gasteiger partial charge >= 0.3 is 5.97 Å². The Morgan fingerprint density at radius 2 is 1.86 bits per heavy atom. The van der Waals surface area contributed by atoms with Crippen molar-refractivity contribution in [1.82, 2.24) is 0 Å². The maximum absolute atomic E-state index is 10.8. The van der Waals surface area contributed by atoms with E-state index in [9.17, 15) is 4.79 Å². The van der Waals surface area contributed by atoms with Crippen molar-refractivity contribution in [3.8, 4) is 5.75 Å². The van der Waals surface area contributed by atoms with E-state index < -0.39 is 5.97 Å². The molecule has 0 atom stereocenters. The third-order valence-corrected chi connectivity index (χ3v) is 3.34. The summed E-state index contributed by atoms with van der Waals surface area (Å²) in [6.45, 7) is 0.770. The zero-order chi connectivity index (χ0) is 15.2. The van der Waals surface area contributed by atoms with E-state index in [0.29, 0.717) is 18.2 Å². The van der Waals surface area contributed by atoms with Gasteiger partial charge in [-0.2, -0.15) is 0 Å². The van der Waals surface area contributed by atoms with Crippen LogP contribution < -0.4 is 4.74 Å². The highest BCUT2D eigenvalue weighted by Crippen LogP contribution is 2.20. The van der Waals surface area contributed by atoms with Crippen LogP contribution >= 0.6 is 11.6 Å². The summed E-state index contributed by atoms with van der Waals surface area (Å²) in [6, 6.07) is 12.2. The molecule has 0 bridgehead atoms. The van der Waals surface area contributed by atoms with Crippen LogP contribution in [-0.2, 0) is 18.0 Å². The number of carbonyl (C=O) groups is 1. The summed E-state index contributed by atoms with van der Waals surface area (Å²) in [5.74, 6) is -0.200. The van der Waals surface area contributed by atoms with Gasteiger partial charge in [-0.1, -0.05) is 29.8 Å². The van der Waals surface area contributed by atoms with Crippen LogP contribution in [0, 0.1) is 0 Å². The van der Waals surface area contributed by atoms with Crippen LogP contribution in [0.4, 0.5) is 0 Å². The quantitative estimate of drug-likeness (QED) is 0.882. The molecule has 0 aliphatic heterocycles. The Labute approximate surface area is 127 Å². The molecule has 5 heteroatoms. The SMILES string of the molecule is COc1ccc(COCc2ccc(C(=O)O)cc2Cl)cc1. The number of halogens is 1. The summed E-state index contributed by atoms with van der Waals surface area (Å²) in [4.78, 5) is 10.8. The van der Waals surface area contributed by atoms with Crippen molar-refractivity contribution in [3.05, 3.63) is 64.2 Å². The lowest BCUT2D eigenvalue weighted by atomic mass is 10.1. The van der Waals surface area contributed by atoms with Crippen LogP contribution in [0.25, 0.3) is 0 Å². The molecule has 0 spiro atoms. The number of carboxylic acids is 1. The van der Waals surface area contributed by atoms with E-state index in [1.807, 2.05) is 24.3 Å². The van der Waals surface area contributed by atoms with Crippen molar-refractivity contribution in [2.45, 2.75) is 13.2 Å². The Kier molecular flexibility index (Phi) is 5.20. The summed E-state index contributed by atoms with van der Waals surface area (Å²) in [6.07, 6.45) is 0. The maximum atomic E-state index is 10.8. The molecule has 0 radical (unpaired) electrons. The Bertz CT molecular complexity index is 623. The number of aromatic carboxylic acids is 1. The molecular formula is C16H15ClO4. The number of ether oxygens (including phenoxy) is 2. The first-order valence-electron chi connectivity index (χ1n) is 6.32. The van der Waals surface area contributed by atoms with Crippen LogP contribution in [0.15, 0.2) is 42.5 Å². The van der Waals surface area contributed by atoms with E-state index in [2.05, 4.69) is 0 Å². The second kappa shape index (κ2) is 7.11. The molecule has 2 rings (SSSR count). The third kappa shape index (κ3) is 4.21. The van der Waals surface area contributed by atoms with Crippen LogP contribution in [0.2, 0.25) is 5.02 Å². The van der Waals surface area contributed by atoms with E-state index in [-0.39, 0.29) is 5.56 Å². The highest BCUT2D eigenvalue weighted by Gasteiger charge is 2.07. The molecule has 2 aromatic rings.